The van der Waals surface area contributed by atoms with Crippen LogP contribution in [0.2, 0.25) is 0 Å². The quantitative estimate of drug-likeness (QED) is 0.637. The van der Waals surface area contributed by atoms with Gasteiger partial charge in [0.15, 0.2) is 0 Å². The van der Waals surface area contributed by atoms with E-state index in [0.717, 1.165) is 4.48 Å². The van der Waals surface area contributed by atoms with Gasteiger partial charge in [-0.15, -0.1) is 0 Å². The van der Waals surface area contributed by atoms with Gasteiger partial charge in [-0.05, 0) is 53.7 Å². The molecule has 1 N–H and O–H groups in total. The Bertz CT molecular complexity index is 170. The summed E-state index contributed by atoms with van der Waals surface area (Å²) in [7, 11) is 0. The summed E-state index contributed by atoms with van der Waals surface area (Å²) in [5, 5.41) is 0. The SMILES string of the molecule is CC=C[N+](C=CC)(C(C)C)C(C)C.[OH-]. The van der Waals surface area contributed by atoms with Crippen LogP contribution in [0, 0.1) is 0 Å². The highest BCUT2D eigenvalue weighted by Crippen LogP contribution is 2.21. The zero-order valence-corrected chi connectivity index (χ0v) is 10.4. The molecule has 0 bridgehead atoms. The zero-order valence-electron chi connectivity index (χ0n) is 10.4. The van der Waals surface area contributed by atoms with E-state index in [-0.39, 0.29) is 5.48 Å². The molecule has 0 heterocycles. The highest BCUT2D eigenvalue weighted by Gasteiger charge is 2.29. The number of rotatable bonds is 4. The van der Waals surface area contributed by atoms with Crippen molar-refractivity contribution in [3.8, 4) is 0 Å². The van der Waals surface area contributed by atoms with E-state index in [1.165, 1.54) is 0 Å². The van der Waals surface area contributed by atoms with E-state index >= 15 is 0 Å². The van der Waals surface area contributed by atoms with Crippen molar-refractivity contribution in [2.75, 3.05) is 0 Å². The largest absolute Gasteiger partial charge is 0.870 e. The normalized spacial score (nSPS) is 13.1. The van der Waals surface area contributed by atoms with Crippen LogP contribution < -0.4 is 0 Å². The van der Waals surface area contributed by atoms with Crippen molar-refractivity contribution in [3.63, 3.8) is 0 Å². The molecule has 0 saturated carbocycles. The van der Waals surface area contributed by atoms with Crippen molar-refractivity contribution in [2.45, 2.75) is 53.6 Å². The van der Waals surface area contributed by atoms with Gasteiger partial charge < -0.3 is 5.48 Å². The Morgan fingerprint density at radius 1 is 0.786 bits per heavy atom. The summed E-state index contributed by atoms with van der Waals surface area (Å²) in [5.74, 6) is 0. The number of hydrogen-bond donors (Lipinski definition) is 0. The van der Waals surface area contributed by atoms with Crippen molar-refractivity contribution in [1.29, 1.82) is 0 Å². The molecule has 0 aromatic rings. The Labute approximate surface area is 88.8 Å². The molecule has 2 heteroatoms. The molecular weight excluding hydrogens is 174 g/mol. The van der Waals surface area contributed by atoms with E-state index in [0.29, 0.717) is 12.1 Å². The summed E-state index contributed by atoms with van der Waals surface area (Å²) in [6, 6.07) is 1.18. The molecule has 0 amide bonds. The maximum absolute atomic E-state index is 2.27. The average molecular weight is 199 g/mol. The van der Waals surface area contributed by atoms with Gasteiger partial charge in [-0.1, -0.05) is 0 Å². The molecule has 0 spiro atoms. The second kappa shape index (κ2) is 6.80. The summed E-state index contributed by atoms with van der Waals surface area (Å²) in [5.41, 5.74) is 0. The number of quaternary nitrogens is 1. The molecule has 0 radical (unpaired) electrons. The highest BCUT2D eigenvalue weighted by molar-refractivity contribution is 4.81. The number of allylic oxidation sites excluding steroid dienone is 2. The average Bonchev–Trinajstić information content (AvgIpc) is 2.03. The highest BCUT2D eigenvalue weighted by atomic mass is 16.0. The standard InChI is InChI=1S/C12H24N.H2O/c1-7-9-13(10-8-2,11(3)4)12(5)6;/h7-12H,1-6H3;1H2/q+1;/p-1. The molecule has 2 nitrogen and oxygen atoms in total. The third kappa shape index (κ3) is 3.28. The second-order valence-corrected chi connectivity index (χ2v) is 4.05. The Hall–Kier alpha value is -0.600. The van der Waals surface area contributed by atoms with E-state index in [1.807, 2.05) is 0 Å². The maximum Gasteiger partial charge on any atom is 0.0965 e. The van der Waals surface area contributed by atoms with Crippen molar-refractivity contribution in [2.24, 2.45) is 0 Å². The first-order valence-corrected chi connectivity index (χ1v) is 5.16. The molecule has 0 unspecified atom stereocenters. The predicted octanol–water partition coefficient (Wildman–Crippen LogP) is 3.51. The monoisotopic (exact) mass is 199 g/mol. The van der Waals surface area contributed by atoms with Crippen LogP contribution in [0.5, 0.6) is 0 Å². The molecule has 0 aliphatic rings. The lowest BCUT2D eigenvalue weighted by Crippen LogP contribution is -2.48. The first-order valence-electron chi connectivity index (χ1n) is 5.16. The lowest BCUT2D eigenvalue weighted by Gasteiger charge is -2.39. The van der Waals surface area contributed by atoms with Crippen LogP contribution in [0.3, 0.4) is 0 Å². The topological polar surface area (TPSA) is 30.0 Å². The molecule has 0 aliphatic heterocycles. The molecule has 0 rings (SSSR count). The minimum Gasteiger partial charge on any atom is -0.870 e. The van der Waals surface area contributed by atoms with Gasteiger partial charge in [-0.25, -0.2) is 0 Å². The van der Waals surface area contributed by atoms with Gasteiger partial charge in [0.05, 0.1) is 24.5 Å². The van der Waals surface area contributed by atoms with Crippen LogP contribution in [0.4, 0.5) is 0 Å². The van der Waals surface area contributed by atoms with E-state index in [1.54, 1.807) is 0 Å². The number of hydrogen-bond acceptors (Lipinski definition) is 1. The van der Waals surface area contributed by atoms with Gasteiger partial charge >= 0.3 is 0 Å². The maximum atomic E-state index is 2.27. The lowest BCUT2D eigenvalue weighted by atomic mass is 10.1. The molecule has 0 aliphatic carbocycles. The fourth-order valence-electron chi connectivity index (χ4n) is 1.85. The van der Waals surface area contributed by atoms with Crippen LogP contribution >= 0.6 is 0 Å². The van der Waals surface area contributed by atoms with Crippen LogP contribution in [0.15, 0.2) is 24.6 Å². The fraction of sp³-hybridized carbons (Fsp3) is 0.667. The van der Waals surface area contributed by atoms with E-state index in [4.69, 9.17) is 0 Å². The molecule has 0 aromatic heterocycles. The zero-order chi connectivity index (χ0) is 10.5. The van der Waals surface area contributed by atoms with Gasteiger partial charge in [0.2, 0.25) is 0 Å². The second-order valence-electron chi connectivity index (χ2n) is 4.05. The summed E-state index contributed by atoms with van der Waals surface area (Å²) >= 11 is 0. The van der Waals surface area contributed by atoms with Crippen molar-refractivity contribution in [1.82, 2.24) is 0 Å². The summed E-state index contributed by atoms with van der Waals surface area (Å²) in [6.45, 7) is 13.2. The fourth-order valence-corrected chi connectivity index (χ4v) is 1.85. The minimum atomic E-state index is 0. The molecule has 0 fully saturated rings. The van der Waals surface area contributed by atoms with E-state index in [2.05, 4.69) is 66.1 Å². The van der Waals surface area contributed by atoms with Crippen LogP contribution in [0.25, 0.3) is 0 Å². The minimum absolute atomic E-state index is 0. The van der Waals surface area contributed by atoms with E-state index < -0.39 is 0 Å². The first-order chi connectivity index (χ1) is 6.01. The molecule has 84 valence electrons. The molecule has 0 atom stereocenters. The van der Waals surface area contributed by atoms with Crippen molar-refractivity contribution < 1.29 is 9.96 Å². The predicted molar refractivity (Wildman–Crippen MR) is 62.1 cm³/mol. The number of nitrogens with zero attached hydrogens (tertiary/aromatic N) is 1. The Balaban J connectivity index is 0. The summed E-state index contributed by atoms with van der Waals surface area (Å²) in [4.78, 5) is 0. The van der Waals surface area contributed by atoms with Gasteiger partial charge in [0.25, 0.3) is 0 Å². The third-order valence-corrected chi connectivity index (χ3v) is 2.60. The molecule has 0 aromatic carbocycles. The van der Waals surface area contributed by atoms with Crippen LogP contribution in [-0.2, 0) is 0 Å². The summed E-state index contributed by atoms with van der Waals surface area (Å²) < 4.78 is 0.938. The molecule has 14 heavy (non-hydrogen) atoms. The van der Waals surface area contributed by atoms with Crippen molar-refractivity contribution >= 4 is 0 Å². The Kier molecular flexibility index (Phi) is 7.69. The van der Waals surface area contributed by atoms with Gasteiger partial charge in [0.1, 0.15) is 0 Å². The Morgan fingerprint density at radius 2 is 1.07 bits per heavy atom. The van der Waals surface area contributed by atoms with Gasteiger partial charge in [-0.3, -0.25) is 4.48 Å². The summed E-state index contributed by atoms with van der Waals surface area (Å²) in [6.07, 6.45) is 8.82. The smallest absolute Gasteiger partial charge is 0.0965 e. The first kappa shape index (κ1) is 15.9. The van der Waals surface area contributed by atoms with Crippen LogP contribution in [0.1, 0.15) is 41.5 Å². The van der Waals surface area contributed by atoms with Crippen LogP contribution in [-0.4, -0.2) is 22.0 Å². The molecule has 0 saturated heterocycles. The molecular formula is C12H25NO. The lowest BCUT2D eigenvalue weighted by molar-refractivity contribution is -0.872. The van der Waals surface area contributed by atoms with Gasteiger partial charge in [-0.2, -0.15) is 0 Å². The van der Waals surface area contributed by atoms with E-state index in [9.17, 15) is 0 Å². The van der Waals surface area contributed by atoms with Gasteiger partial charge in [0, 0.05) is 0 Å². The Morgan fingerprint density at radius 3 is 1.21 bits per heavy atom. The third-order valence-electron chi connectivity index (χ3n) is 2.60. The van der Waals surface area contributed by atoms with Crippen molar-refractivity contribution in [3.05, 3.63) is 24.6 Å².